The van der Waals surface area contributed by atoms with Crippen LogP contribution in [0.5, 0.6) is 0 Å². The molecule has 0 aliphatic heterocycles. The summed E-state index contributed by atoms with van der Waals surface area (Å²) in [5.74, 6) is 0. The first-order chi connectivity index (χ1) is 7.13. The number of nitrogens with one attached hydrogen (secondary N) is 1. The van der Waals surface area contributed by atoms with Gasteiger partial charge in [-0.05, 0) is 46.1 Å². The van der Waals surface area contributed by atoms with E-state index in [0.717, 1.165) is 19.4 Å². The maximum atomic E-state index is 9.35. The Morgan fingerprint density at radius 1 is 1.27 bits per heavy atom. The lowest BCUT2D eigenvalue weighted by molar-refractivity contribution is -0.0744. The Bertz CT molecular complexity index is 165. The molecule has 0 saturated heterocycles. The molecule has 0 amide bonds. The van der Waals surface area contributed by atoms with E-state index in [2.05, 4.69) is 12.2 Å². The van der Waals surface area contributed by atoms with Gasteiger partial charge in [-0.1, -0.05) is 6.92 Å². The number of ether oxygens (including phenoxy) is 1. The monoisotopic (exact) mass is 215 g/mol. The number of hydrogen-bond donors (Lipinski definition) is 2. The first-order valence-corrected chi connectivity index (χ1v) is 6.20. The van der Waals surface area contributed by atoms with Crippen LogP contribution in [-0.2, 0) is 4.74 Å². The molecule has 1 rings (SSSR count). The molecule has 2 unspecified atom stereocenters. The lowest BCUT2D eigenvalue weighted by atomic mass is 9.93. The van der Waals surface area contributed by atoms with Crippen LogP contribution < -0.4 is 5.32 Å². The maximum absolute atomic E-state index is 9.35. The minimum Gasteiger partial charge on any atom is -0.391 e. The Morgan fingerprint density at radius 3 is 2.33 bits per heavy atom. The van der Waals surface area contributed by atoms with Crippen molar-refractivity contribution in [2.75, 3.05) is 6.54 Å². The molecule has 3 nitrogen and oxygen atoms in total. The van der Waals surface area contributed by atoms with Crippen molar-refractivity contribution in [2.45, 2.75) is 70.8 Å². The average Bonchev–Trinajstić information content (AvgIpc) is 2.21. The van der Waals surface area contributed by atoms with Gasteiger partial charge >= 0.3 is 0 Å². The molecular formula is C12H25NO2. The zero-order valence-electron chi connectivity index (χ0n) is 10.2. The molecule has 2 atom stereocenters. The summed E-state index contributed by atoms with van der Waals surface area (Å²) in [5, 5.41) is 12.8. The number of rotatable bonds is 5. The summed E-state index contributed by atoms with van der Waals surface area (Å²) in [6, 6.07) is 0.678. The summed E-state index contributed by atoms with van der Waals surface area (Å²) < 4.78 is 5.80. The van der Waals surface area contributed by atoms with Crippen LogP contribution in [0, 0.1) is 0 Å². The van der Waals surface area contributed by atoms with Gasteiger partial charge in [0.05, 0.1) is 18.3 Å². The van der Waals surface area contributed by atoms with E-state index in [0.29, 0.717) is 12.1 Å². The van der Waals surface area contributed by atoms with Gasteiger partial charge in [-0.25, -0.2) is 0 Å². The quantitative estimate of drug-likeness (QED) is 0.733. The minimum absolute atomic E-state index is 0.0364. The van der Waals surface area contributed by atoms with E-state index in [1.165, 1.54) is 12.8 Å². The molecule has 15 heavy (non-hydrogen) atoms. The molecule has 1 aliphatic carbocycles. The van der Waals surface area contributed by atoms with Gasteiger partial charge in [0.2, 0.25) is 0 Å². The summed E-state index contributed by atoms with van der Waals surface area (Å²) >= 11 is 0. The van der Waals surface area contributed by atoms with Crippen LogP contribution in [0.25, 0.3) is 0 Å². The van der Waals surface area contributed by atoms with Crippen LogP contribution in [0.15, 0.2) is 0 Å². The number of hydrogen-bond acceptors (Lipinski definition) is 3. The molecule has 3 heteroatoms. The first-order valence-electron chi connectivity index (χ1n) is 6.20. The Labute approximate surface area is 93.2 Å². The van der Waals surface area contributed by atoms with Crippen LogP contribution >= 0.6 is 0 Å². The molecular weight excluding hydrogens is 190 g/mol. The SMILES string of the molecule is CCNC1CCC(OC(C)C(C)O)CC1. The molecule has 0 aromatic rings. The van der Waals surface area contributed by atoms with E-state index in [-0.39, 0.29) is 12.2 Å². The van der Waals surface area contributed by atoms with Crippen molar-refractivity contribution in [3.8, 4) is 0 Å². The zero-order valence-corrected chi connectivity index (χ0v) is 10.2. The summed E-state index contributed by atoms with van der Waals surface area (Å²) in [6.45, 7) is 6.94. The Hall–Kier alpha value is -0.120. The average molecular weight is 215 g/mol. The molecule has 0 spiro atoms. The largest absolute Gasteiger partial charge is 0.391 e. The second kappa shape index (κ2) is 6.46. The summed E-state index contributed by atoms with van der Waals surface area (Å²) in [7, 11) is 0. The van der Waals surface area contributed by atoms with Crippen LogP contribution in [0.4, 0.5) is 0 Å². The molecule has 0 heterocycles. The Kier molecular flexibility index (Phi) is 5.58. The van der Waals surface area contributed by atoms with Gasteiger partial charge in [0, 0.05) is 6.04 Å². The molecule has 0 bridgehead atoms. The van der Waals surface area contributed by atoms with Crippen molar-refractivity contribution in [3.63, 3.8) is 0 Å². The van der Waals surface area contributed by atoms with Gasteiger partial charge in [0.1, 0.15) is 0 Å². The predicted molar refractivity (Wildman–Crippen MR) is 61.9 cm³/mol. The molecule has 0 aromatic carbocycles. The summed E-state index contributed by atoms with van der Waals surface area (Å²) in [6.07, 6.45) is 4.59. The molecule has 1 fully saturated rings. The zero-order chi connectivity index (χ0) is 11.3. The number of aliphatic hydroxyl groups is 1. The third-order valence-corrected chi connectivity index (χ3v) is 3.25. The van der Waals surface area contributed by atoms with Gasteiger partial charge in [-0.2, -0.15) is 0 Å². The highest BCUT2D eigenvalue weighted by molar-refractivity contribution is 4.78. The van der Waals surface area contributed by atoms with E-state index in [1.54, 1.807) is 6.92 Å². The highest BCUT2D eigenvalue weighted by atomic mass is 16.5. The lowest BCUT2D eigenvalue weighted by Gasteiger charge is -2.31. The molecule has 0 aromatic heterocycles. The second-order valence-corrected chi connectivity index (χ2v) is 4.61. The fraction of sp³-hybridized carbons (Fsp3) is 1.00. The topological polar surface area (TPSA) is 41.5 Å². The smallest absolute Gasteiger partial charge is 0.0806 e. The van der Waals surface area contributed by atoms with Crippen LogP contribution in [-0.4, -0.2) is 36.0 Å². The summed E-state index contributed by atoms with van der Waals surface area (Å²) in [4.78, 5) is 0. The second-order valence-electron chi connectivity index (χ2n) is 4.61. The molecule has 1 aliphatic rings. The molecule has 1 saturated carbocycles. The Balaban J connectivity index is 2.19. The third kappa shape index (κ3) is 4.49. The Morgan fingerprint density at radius 2 is 1.87 bits per heavy atom. The van der Waals surface area contributed by atoms with E-state index in [1.807, 2.05) is 6.92 Å². The highest BCUT2D eigenvalue weighted by Gasteiger charge is 2.23. The standard InChI is InChI=1S/C12H25NO2/c1-4-13-11-5-7-12(8-6-11)15-10(3)9(2)14/h9-14H,4-8H2,1-3H3. The highest BCUT2D eigenvalue weighted by Crippen LogP contribution is 2.22. The van der Waals surface area contributed by atoms with Gasteiger partial charge in [0.25, 0.3) is 0 Å². The van der Waals surface area contributed by atoms with Crippen molar-refractivity contribution < 1.29 is 9.84 Å². The third-order valence-electron chi connectivity index (χ3n) is 3.25. The lowest BCUT2D eigenvalue weighted by Crippen LogP contribution is -2.37. The number of aliphatic hydroxyl groups excluding tert-OH is 1. The molecule has 0 radical (unpaired) electrons. The van der Waals surface area contributed by atoms with Crippen molar-refractivity contribution in [3.05, 3.63) is 0 Å². The van der Waals surface area contributed by atoms with E-state index in [4.69, 9.17) is 4.74 Å². The normalized spacial score (nSPS) is 31.2. The van der Waals surface area contributed by atoms with E-state index >= 15 is 0 Å². The van der Waals surface area contributed by atoms with Crippen molar-refractivity contribution >= 4 is 0 Å². The van der Waals surface area contributed by atoms with Gasteiger partial charge < -0.3 is 15.2 Å². The van der Waals surface area contributed by atoms with Crippen LogP contribution in [0.1, 0.15) is 46.5 Å². The van der Waals surface area contributed by atoms with Gasteiger partial charge in [-0.15, -0.1) is 0 Å². The van der Waals surface area contributed by atoms with E-state index < -0.39 is 0 Å². The summed E-state index contributed by atoms with van der Waals surface area (Å²) in [5.41, 5.74) is 0. The van der Waals surface area contributed by atoms with Crippen LogP contribution in [0.2, 0.25) is 0 Å². The van der Waals surface area contributed by atoms with E-state index in [9.17, 15) is 5.11 Å². The van der Waals surface area contributed by atoms with Crippen molar-refractivity contribution in [1.82, 2.24) is 5.32 Å². The fourth-order valence-corrected chi connectivity index (χ4v) is 2.11. The maximum Gasteiger partial charge on any atom is 0.0806 e. The molecule has 2 N–H and O–H groups in total. The van der Waals surface area contributed by atoms with Gasteiger partial charge in [0.15, 0.2) is 0 Å². The first kappa shape index (κ1) is 12.9. The molecule has 90 valence electrons. The van der Waals surface area contributed by atoms with Crippen molar-refractivity contribution in [2.24, 2.45) is 0 Å². The van der Waals surface area contributed by atoms with Crippen LogP contribution in [0.3, 0.4) is 0 Å². The van der Waals surface area contributed by atoms with Crippen molar-refractivity contribution in [1.29, 1.82) is 0 Å². The fourth-order valence-electron chi connectivity index (χ4n) is 2.11. The van der Waals surface area contributed by atoms with Gasteiger partial charge in [-0.3, -0.25) is 0 Å². The predicted octanol–water partition coefficient (Wildman–Crippen LogP) is 1.69. The minimum atomic E-state index is -0.364.